The minimum absolute atomic E-state index is 0.180. The molecule has 3 nitrogen and oxygen atoms in total. The van der Waals surface area contributed by atoms with Gasteiger partial charge in [0, 0.05) is 36.2 Å². The molecule has 1 fully saturated rings. The van der Waals surface area contributed by atoms with Crippen LogP contribution < -0.4 is 10.2 Å². The number of benzene rings is 1. The highest BCUT2D eigenvalue weighted by atomic mass is 15.1. The Balaban J connectivity index is 1.75. The fourth-order valence-corrected chi connectivity index (χ4v) is 4.41. The van der Waals surface area contributed by atoms with Crippen molar-refractivity contribution in [3.63, 3.8) is 0 Å². The molecular formula is C23H31N3. The van der Waals surface area contributed by atoms with Crippen molar-refractivity contribution in [3.8, 4) is 0 Å². The largest absolute Gasteiger partial charge is 0.363 e. The molecule has 1 N–H and O–H groups in total. The Morgan fingerprint density at radius 2 is 1.77 bits per heavy atom. The molecule has 2 aliphatic rings. The Morgan fingerprint density at radius 3 is 2.38 bits per heavy atom. The molecule has 0 bridgehead atoms. The SMILES string of the molecule is Cc1cc(N2Cc3cc(C(C)(C)C)cc([C@@H]4CCCN4)c3C2)cc(C)n1. The first-order valence-electron chi connectivity index (χ1n) is 9.91. The maximum absolute atomic E-state index is 4.55. The van der Waals surface area contributed by atoms with Gasteiger partial charge in [-0.05, 0) is 73.0 Å². The quantitative estimate of drug-likeness (QED) is 0.832. The highest BCUT2D eigenvalue weighted by Gasteiger charge is 2.29. The molecule has 0 aliphatic carbocycles. The van der Waals surface area contributed by atoms with Crippen LogP contribution in [0, 0.1) is 13.8 Å². The van der Waals surface area contributed by atoms with Gasteiger partial charge in [-0.15, -0.1) is 0 Å². The standard InChI is InChI=1S/C23H31N3/c1-15-9-19(10-16(2)25-15)26-13-17-11-18(23(3,4)5)12-20(21(17)14-26)22-7-6-8-24-22/h9-12,22,24H,6-8,13-14H2,1-5H3/t22-/m0/s1. The van der Waals surface area contributed by atoms with Gasteiger partial charge in [0.1, 0.15) is 0 Å². The third kappa shape index (κ3) is 3.25. The zero-order valence-electron chi connectivity index (χ0n) is 16.8. The first-order chi connectivity index (χ1) is 12.3. The summed E-state index contributed by atoms with van der Waals surface area (Å²) in [5.74, 6) is 0. The molecule has 3 heterocycles. The van der Waals surface area contributed by atoms with Gasteiger partial charge < -0.3 is 10.2 Å². The fraction of sp³-hybridized carbons (Fsp3) is 0.522. The van der Waals surface area contributed by atoms with Crippen LogP contribution >= 0.6 is 0 Å². The lowest BCUT2D eigenvalue weighted by atomic mass is 9.82. The maximum atomic E-state index is 4.55. The van der Waals surface area contributed by atoms with Crippen molar-refractivity contribution in [3.05, 3.63) is 57.9 Å². The molecule has 3 heteroatoms. The highest BCUT2D eigenvalue weighted by Crippen LogP contribution is 2.38. The molecule has 138 valence electrons. The van der Waals surface area contributed by atoms with Crippen LogP contribution in [0.15, 0.2) is 24.3 Å². The van der Waals surface area contributed by atoms with E-state index in [2.05, 4.69) is 74.1 Å². The topological polar surface area (TPSA) is 28.2 Å². The summed E-state index contributed by atoms with van der Waals surface area (Å²) in [7, 11) is 0. The van der Waals surface area contributed by atoms with Crippen LogP contribution in [0.4, 0.5) is 5.69 Å². The van der Waals surface area contributed by atoms with E-state index in [-0.39, 0.29) is 5.41 Å². The zero-order chi connectivity index (χ0) is 18.5. The average molecular weight is 350 g/mol. The summed E-state index contributed by atoms with van der Waals surface area (Å²) in [5.41, 5.74) is 9.73. The van der Waals surface area contributed by atoms with Crippen LogP contribution in [0.1, 0.15) is 73.3 Å². The summed E-state index contributed by atoms with van der Waals surface area (Å²) in [6.07, 6.45) is 2.54. The van der Waals surface area contributed by atoms with E-state index in [1.165, 1.54) is 35.2 Å². The van der Waals surface area contributed by atoms with E-state index in [4.69, 9.17) is 0 Å². The summed E-state index contributed by atoms with van der Waals surface area (Å²) in [6.45, 7) is 14.3. The molecule has 0 amide bonds. The summed E-state index contributed by atoms with van der Waals surface area (Å²) in [4.78, 5) is 7.06. The molecule has 0 radical (unpaired) electrons. The van der Waals surface area contributed by atoms with E-state index in [1.54, 1.807) is 5.56 Å². The van der Waals surface area contributed by atoms with Crippen molar-refractivity contribution in [1.29, 1.82) is 0 Å². The number of nitrogens with one attached hydrogen (secondary N) is 1. The van der Waals surface area contributed by atoms with Crippen LogP contribution in [0.25, 0.3) is 0 Å². The van der Waals surface area contributed by atoms with E-state index < -0.39 is 0 Å². The van der Waals surface area contributed by atoms with Crippen molar-refractivity contribution >= 4 is 5.69 Å². The zero-order valence-corrected chi connectivity index (χ0v) is 16.8. The van der Waals surface area contributed by atoms with Crippen LogP contribution in [-0.4, -0.2) is 11.5 Å². The predicted octanol–water partition coefficient (Wildman–Crippen LogP) is 4.94. The van der Waals surface area contributed by atoms with E-state index in [0.29, 0.717) is 6.04 Å². The lowest BCUT2D eigenvalue weighted by molar-refractivity contribution is 0.582. The minimum Gasteiger partial charge on any atom is -0.363 e. The number of anilines is 1. The molecular weight excluding hydrogens is 318 g/mol. The lowest BCUT2D eigenvalue weighted by Gasteiger charge is -2.24. The normalized spacial score (nSPS) is 19.9. The van der Waals surface area contributed by atoms with Gasteiger partial charge in [0.2, 0.25) is 0 Å². The van der Waals surface area contributed by atoms with Gasteiger partial charge in [-0.1, -0.05) is 32.9 Å². The molecule has 1 aromatic carbocycles. The summed E-state index contributed by atoms with van der Waals surface area (Å²) < 4.78 is 0. The second-order valence-electron chi connectivity index (χ2n) is 9.07. The van der Waals surface area contributed by atoms with Crippen LogP contribution in [0.5, 0.6) is 0 Å². The Hall–Kier alpha value is -1.87. The number of hydrogen-bond acceptors (Lipinski definition) is 3. The maximum Gasteiger partial charge on any atom is 0.0440 e. The average Bonchev–Trinajstić information content (AvgIpc) is 3.21. The smallest absolute Gasteiger partial charge is 0.0440 e. The van der Waals surface area contributed by atoms with Gasteiger partial charge in [0.15, 0.2) is 0 Å². The van der Waals surface area contributed by atoms with Crippen molar-refractivity contribution in [2.75, 3.05) is 11.4 Å². The monoisotopic (exact) mass is 349 g/mol. The molecule has 0 unspecified atom stereocenters. The molecule has 0 saturated carbocycles. The molecule has 1 aromatic heterocycles. The fourth-order valence-electron chi connectivity index (χ4n) is 4.41. The number of hydrogen-bond donors (Lipinski definition) is 1. The number of pyridine rings is 1. The first kappa shape index (κ1) is 17.5. The van der Waals surface area contributed by atoms with Crippen molar-refractivity contribution in [2.45, 2.75) is 72.0 Å². The number of fused-ring (bicyclic) bond motifs is 1. The number of rotatable bonds is 2. The Kier molecular flexibility index (Phi) is 4.31. The second kappa shape index (κ2) is 6.38. The van der Waals surface area contributed by atoms with Crippen molar-refractivity contribution in [2.24, 2.45) is 0 Å². The first-order valence-corrected chi connectivity index (χ1v) is 9.91. The number of nitrogens with zero attached hydrogens (tertiary/aromatic N) is 2. The summed E-state index contributed by atoms with van der Waals surface area (Å²) >= 11 is 0. The molecule has 1 saturated heterocycles. The molecule has 4 rings (SSSR count). The van der Waals surface area contributed by atoms with Crippen LogP contribution in [0.3, 0.4) is 0 Å². The molecule has 2 aromatic rings. The third-order valence-electron chi connectivity index (χ3n) is 5.82. The van der Waals surface area contributed by atoms with Gasteiger partial charge in [-0.2, -0.15) is 0 Å². The van der Waals surface area contributed by atoms with E-state index >= 15 is 0 Å². The minimum atomic E-state index is 0.180. The summed E-state index contributed by atoms with van der Waals surface area (Å²) in [6, 6.07) is 9.89. The Bertz CT molecular complexity index is 806. The molecule has 2 aliphatic heterocycles. The van der Waals surface area contributed by atoms with Gasteiger partial charge in [-0.3, -0.25) is 4.98 Å². The van der Waals surface area contributed by atoms with Gasteiger partial charge in [-0.25, -0.2) is 0 Å². The van der Waals surface area contributed by atoms with E-state index in [1.807, 2.05) is 0 Å². The van der Waals surface area contributed by atoms with Gasteiger partial charge >= 0.3 is 0 Å². The number of aryl methyl sites for hydroxylation is 2. The third-order valence-corrected chi connectivity index (χ3v) is 5.82. The van der Waals surface area contributed by atoms with Crippen LogP contribution in [-0.2, 0) is 18.5 Å². The predicted molar refractivity (Wildman–Crippen MR) is 109 cm³/mol. The van der Waals surface area contributed by atoms with Crippen molar-refractivity contribution in [1.82, 2.24) is 10.3 Å². The van der Waals surface area contributed by atoms with E-state index in [9.17, 15) is 0 Å². The summed E-state index contributed by atoms with van der Waals surface area (Å²) in [5, 5.41) is 3.73. The molecule has 26 heavy (non-hydrogen) atoms. The lowest BCUT2D eigenvalue weighted by Crippen LogP contribution is -2.18. The Labute approximate surface area is 157 Å². The Morgan fingerprint density at radius 1 is 1.04 bits per heavy atom. The molecule has 0 spiro atoms. The number of aromatic nitrogens is 1. The second-order valence-corrected chi connectivity index (χ2v) is 9.07. The van der Waals surface area contributed by atoms with Crippen LogP contribution in [0.2, 0.25) is 0 Å². The molecule has 1 atom stereocenters. The van der Waals surface area contributed by atoms with E-state index in [0.717, 1.165) is 31.0 Å². The van der Waals surface area contributed by atoms with Crippen molar-refractivity contribution < 1.29 is 0 Å². The highest BCUT2D eigenvalue weighted by molar-refractivity contribution is 5.56. The van der Waals surface area contributed by atoms with Gasteiger partial charge in [0.05, 0.1) is 0 Å². The van der Waals surface area contributed by atoms with Gasteiger partial charge in [0.25, 0.3) is 0 Å².